The fourth-order valence-corrected chi connectivity index (χ4v) is 5.07. The number of sulfonamides is 1. The predicted molar refractivity (Wildman–Crippen MR) is 130 cm³/mol. The minimum atomic E-state index is -4.85. The molecular formula is C23H22F6N4O4S2. The molecule has 16 heteroatoms. The lowest BCUT2D eigenvalue weighted by Crippen LogP contribution is -2.27. The Morgan fingerprint density at radius 2 is 1.69 bits per heavy atom. The number of hydrogen-bond acceptors (Lipinski definition) is 7. The Bertz CT molecular complexity index is 1410. The highest BCUT2D eigenvalue weighted by Gasteiger charge is 2.33. The third kappa shape index (κ3) is 8.54. The number of alkyl halides is 6. The van der Waals surface area contributed by atoms with Crippen molar-refractivity contribution in [2.75, 3.05) is 17.9 Å². The molecular weight excluding hydrogens is 574 g/mol. The number of rotatable bonds is 10. The van der Waals surface area contributed by atoms with E-state index in [1.165, 1.54) is 24.3 Å². The quantitative estimate of drug-likeness (QED) is 0.304. The average Bonchev–Trinajstić information content (AvgIpc) is 3.30. The number of nitrogens with zero attached hydrogens (tertiary/aromatic N) is 2. The predicted octanol–water partition coefficient (Wildman–Crippen LogP) is 5.39. The molecule has 3 rings (SSSR count). The van der Waals surface area contributed by atoms with Crippen LogP contribution in [0.25, 0.3) is 0 Å². The topological polar surface area (TPSA) is 110 Å². The summed E-state index contributed by atoms with van der Waals surface area (Å²) >= 11 is 1.11. The first-order valence-electron chi connectivity index (χ1n) is 11.2. The van der Waals surface area contributed by atoms with E-state index >= 15 is 0 Å². The van der Waals surface area contributed by atoms with Crippen molar-refractivity contribution in [2.24, 2.45) is 0 Å². The zero-order chi connectivity index (χ0) is 29.0. The van der Waals surface area contributed by atoms with Crippen molar-refractivity contribution in [3.05, 3.63) is 64.2 Å². The minimum Gasteiger partial charge on any atom is -0.483 e. The molecule has 2 aromatic carbocycles. The summed E-state index contributed by atoms with van der Waals surface area (Å²) in [5.41, 5.74) is -1.17. The molecule has 0 atom stereocenters. The van der Waals surface area contributed by atoms with E-state index in [1.807, 2.05) is 13.8 Å². The molecule has 0 radical (unpaired) electrons. The van der Waals surface area contributed by atoms with Gasteiger partial charge in [0, 0.05) is 12.5 Å². The molecule has 8 nitrogen and oxygen atoms in total. The van der Waals surface area contributed by atoms with Gasteiger partial charge in [-0.2, -0.15) is 26.3 Å². The molecule has 0 saturated carbocycles. The Morgan fingerprint density at radius 3 is 2.26 bits per heavy atom. The highest BCUT2D eigenvalue weighted by atomic mass is 32.2. The smallest absolute Gasteiger partial charge is 0.422 e. The first kappa shape index (κ1) is 30.1. The number of aromatic nitrogens is 2. The molecule has 2 N–H and O–H groups in total. The van der Waals surface area contributed by atoms with Gasteiger partial charge in [0.15, 0.2) is 6.61 Å². The van der Waals surface area contributed by atoms with Crippen LogP contribution in [0.3, 0.4) is 0 Å². The summed E-state index contributed by atoms with van der Waals surface area (Å²) in [5, 5.41) is 10.9. The summed E-state index contributed by atoms with van der Waals surface area (Å²) in [6.07, 6.45) is -9.49. The first-order valence-corrected chi connectivity index (χ1v) is 13.5. The largest absolute Gasteiger partial charge is 0.483 e. The highest BCUT2D eigenvalue weighted by molar-refractivity contribution is 7.93. The summed E-state index contributed by atoms with van der Waals surface area (Å²) in [4.78, 5) is 12.4. The average molecular weight is 597 g/mol. The second-order valence-corrected chi connectivity index (χ2v) is 11.2. The van der Waals surface area contributed by atoms with Crippen LogP contribution in [0, 0.1) is 0 Å². The van der Waals surface area contributed by atoms with Crippen LogP contribution in [0.15, 0.2) is 47.4 Å². The van der Waals surface area contributed by atoms with E-state index in [4.69, 9.17) is 0 Å². The second-order valence-electron chi connectivity index (χ2n) is 8.47. The second kappa shape index (κ2) is 11.8. The van der Waals surface area contributed by atoms with Crippen molar-refractivity contribution in [2.45, 2.75) is 43.4 Å². The number of benzene rings is 2. The van der Waals surface area contributed by atoms with Gasteiger partial charge >= 0.3 is 12.4 Å². The molecule has 0 fully saturated rings. The molecule has 212 valence electrons. The summed E-state index contributed by atoms with van der Waals surface area (Å²) in [5.74, 6) is -1.72. The molecule has 0 saturated heterocycles. The van der Waals surface area contributed by atoms with Gasteiger partial charge in [-0.3, -0.25) is 9.52 Å². The van der Waals surface area contributed by atoms with Crippen LogP contribution in [0.2, 0.25) is 0 Å². The van der Waals surface area contributed by atoms with Crippen molar-refractivity contribution in [1.29, 1.82) is 0 Å². The summed E-state index contributed by atoms with van der Waals surface area (Å²) in [6, 6.07) is 7.30. The highest BCUT2D eigenvalue weighted by Crippen LogP contribution is 2.34. The molecule has 0 bridgehead atoms. The number of carbonyl (C=O) groups excluding carboxylic acids is 1. The van der Waals surface area contributed by atoms with Gasteiger partial charge in [-0.1, -0.05) is 37.3 Å². The molecule has 0 aliphatic rings. The van der Waals surface area contributed by atoms with Gasteiger partial charge in [0.05, 0.1) is 16.0 Å². The number of hydrogen-bond donors (Lipinski definition) is 2. The van der Waals surface area contributed by atoms with Gasteiger partial charge in [-0.15, -0.1) is 10.2 Å². The van der Waals surface area contributed by atoms with E-state index in [0.717, 1.165) is 17.4 Å². The van der Waals surface area contributed by atoms with Crippen LogP contribution >= 0.6 is 11.3 Å². The van der Waals surface area contributed by atoms with Crippen LogP contribution in [-0.4, -0.2) is 43.9 Å². The van der Waals surface area contributed by atoms with Crippen molar-refractivity contribution in [3.63, 3.8) is 0 Å². The van der Waals surface area contributed by atoms with Crippen molar-refractivity contribution < 1.29 is 44.3 Å². The molecule has 0 aliphatic carbocycles. The van der Waals surface area contributed by atoms with Crippen molar-refractivity contribution in [3.8, 4) is 5.75 Å². The molecule has 39 heavy (non-hydrogen) atoms. The number of carbonyl (C=O) groups is 1. The lowest BCUT2D eigenvalue weighted by atomic mass is 10.1. The number of anilines is 1. The van der Waals surface area contributed by atoms with Crippen LogP contribution in [0.4, 0.5) is 31.5 Å². The van der Waals surface area contributed by atoms with Gasteiger partial charge in [-0.25, -0.2) is 8.42 Å². The van der Waals surface area contributed by atoms with E-state index in [-0.39, 0.29) is 28.9 Å². The SMILES string of the molecule is CC(C)c1nnc(NS(=O)(=O)c2ccc(CCNC(=O)c3ccc(C(F)(F)F)cc3OCC(F)(F)F)cc2)s1. The molecule has 0 unspecified atom stereocenters. The summed E-state index contributed by atoms with van der Waals surface area (Å²) in [6.45, 7) is 1.86. The van der Waals surface area contributed by atoms with E-state index in [9.17, 15) is 39.6 Å². The maximum Gasteiger partial charge on any atom is 0.422 e. The number of nitrogens with one attached hydrogen (secondary N) is 2. The Balaban J connectivity index is 1.63. The van der Waals surface area contributed by atoms with Crippen LogP contribution < -0.4 is 14.8 Å². The number of halogens is 6. The number of amides is 1. The zero-order valence-electron chi connectivity index (χ0n) is 20.4. The minimum absolute atomic E-state index is 0.0483. The fourth-order valence-electron chi connectivity index (χ4n) is 3.10. The van der Waals surface area contributed by atoms with E-state index in [2.05, 4.69) is 25.0 Å². The first-order chi connectivity index (χ1) is 18.0. The Kier molecular flexibility index (Phi) is 9.10. The molecule has 1 heterocycles. The van der Waals surface area contributed by atoms with Gasteiger partial charge < -0.3 is 10.1 Å². The maximum absolute atomic E-state index is 13.0. The van der Waals surface area contributed by atoms with Crippen LogP contribution in [0.5, 0.6) is 5.75 Å². The molecule has 0 spiro atoms. The summed E-state index contributed by atoms with van der Waals surface area (Å²) < 4.78 is 109. The Labute approximate surface area is 223 Å². The molecule has 0 aliphatic heterocycles. The van der Waals surface area contributed by atoms with E-state index < -0.39 is 51.8 Å². The van der Waals surface area contributed by atoms with Crippen LogP contribution in [0.1, 0.15) is 46.3 Å². The summed E-state index contributed by atoms with van der Waals surface area (Å²) in [7, 11) is -3.93. The van der Waals surface area contributed by atoms with Gasteiger partial charge in [-0.05, 0) is 42.3 Å². The lowest BCUT2D eigenvalue weighted by molar-refractivity contribution is -0.153. The number of ether oxygens (including phenoxy) is 1. The molecule has 3 aromatic rings. The zero-order valence-corrected chi connectivity index (χ0v) is 22.0. The Hall–Kier alpha value is -3.40. The third-order valence-corrected chi connectivity index (χ3v) is 7.66. The monoisotopic (exact) mass is 596 g/mol. The van der Waals surface area contributed by atoms with Gasteiger partial charge in [0.25, 0.3) is 15.9 Å². The third-order valence-electron chi connectivity index (χ3n) is 5.03. The molecule has 1 aromatic heterocycles. The van der Waals surface area contributed by atoms with Crippen molar-refractivity contribution >= 4 is 32.4 Å². The maximum atomic E-state index is 13.0. The molecule has 1 amide bonds. The van der Waals surface area contributed by atoms with Gasteiger partial charge in [0.1, 0.15) is 10.8 Å². The van der Waals surface area contributed by atoms with E-state index in [0.29, 0.717) is 22.7 Å². The van der Waals surface area contributed by atoms with Gasteiger partial charge in [0.2, 0.25) is 5.13 Å². The Morgan fingerprint density at radius 1 is 1.03 bits per heavy atom. The fraction of sp³-hybridized carbons (Fsp3) is 0.348. The lowest BCUT2D eigenvalue weighted by Gasteiger charge is -2.15. The standard InChI is InChI=1S/C23H22F6N4O4S2/c1-13(2)20-31-32-21(38-20)33-39(35,36)16-6-3-14(4-7-16)9-10-30-19(34)17-8-5-15(23(27,28)29)11-18(17)37-12-22(24,25)26/h3-8,11,13H,9-10,12H2,1-2H3,(H,30,34)(H,32,33). The normalized spacial score (nSPS) is 12.4. The van der Waals surface area contributed by atoms with Crippen LogP contribution in [-0.2, 0) is 22.6 Å². The van der Waals surface area contributed by atoms with Crippen molar-refractivity contribution in [1.82, 2.24) is 15.5 Å². The van der Waals surface area contributed by atoms with E-state index in [1.54, 1.807) is 0 Å².